The maximum absolute atomic E-state index is 12.5. The average molecular weight is 339 g/mol. The van der Waals surface area contributed by atoms with E-state index in [4.69, 9.17) is 0 Å². The monoisotopic (exact) mass is 338 g/mol. The predicted octanol–water partition coefficient (Wildman–Crippen LogP) is 2.90. The zero-order valence-corrected chi connectivity index (χ0v) is 13.4. The van der Waals surface area contributed by atoms with Crippen LogP contribution in [0.4, 0.5) is 0 Å². The molecule has 1 heterocycles. The number of amides is 1. The number of benzene rings is 1. The maximum Gasteiger partial charge on any atom is 0.241 e. The van der Waals surface area contributed by atoms with E-state index in [0.29, 0.717) is 6.04 Å². The number of carbonyl (C=O) groups is 1. The van der Waals surface area contributed by atoms with E-state index >= 15 is 0 Å². The Hall–Kier alpha value is -0.870. The molecule has 3 nitrogen and oxygen atoms in total. The lowest BCUT2D eigenvalue weighted by atomic mass is 9.92. The zero-order chi connectivity index (χ0) is 13.1. The number of hydrogen-bond donors (Lipinski definition) is 2. The summed E-state index contributed by atoms with van der Waals surface area (Å²) in [5, 5.41) is 6.58. The molecule has 1 aliphatic heterocycles. The SMILES string of the molecule is Br.O=C(NC1CCCCC1)C1NCCc2ccccc21. The number of rotatable bonds is 2. The normalized spacial score (nSPS) is 22.5. The molecule has 1 fully saturated rings. The van der Waals surface area contributed by atoms with Gasteiger partial charge in [0.25, 0.3) is 0 Å². The quantitative estimate of drug-likeness (QED) is 0.870. The minimum atomic E-state index is -0.160. The highest BCUT2D eigenvalue weighted by atomic mass is 79.9. The van der Waals surface area contributed by atoms with Crippen LogP contribution in [0.3, 0.4) is 0 Å². The van der Waals surface area contributed by atoms with Crippen LogP contribution in [0.1, 0.15) is 49.3 Å². The van der Waals surface area contributed by atoms with E-state index in [1.165, 1.54) is 24.8 Å². The molecule has 1 saturated carbocycles. The van der Waals surface area contributed by atoms with E-state index in [0.717, 1.165) is 31.4 Å². The van der Waals surface area contributed by atoms with E-state index in [1.54, 1.807) is 0 Å². The molecule has 2 N–H and O–H groups in total. The highest BCUT2D eigenvalue weighted by Gasteiger charge is 2.27. The lowest BCUT2D eigenvalue weighted by molar-refractivity contribution is -0.124. The van der Waals surface area contributed by atoms with Crippen molar-refractivity contribution in [2.45, 2.75) is 50.6 Å². The number of fused-ring (bicyclic) bond motifs is 1. The fraction of sp³-hybridized carbons (Fsp3) is 0.562. The van der Waals surface area contributed by atoms with Gasteiger partial charge in [0.15, 0.2) is 0 Å². The van der Waals surface area contributed by atoms with Crippen LogP contribution in [0.5, 0.6) is 0 Å². The summed E-state index contributed by atoms with van der Waals surface area (Å²) < 4.78 is 0. The Kier molecular flexibility index (Phi) is 5.61. The van der Waals surface area contributed by atoms with E-state index in [-0.39, 0.29) is 28.9 Å². The number of hydrogen-bond acceptors (Lipinski definition) is 2. The van der Waals surface area contributed by atoms with E-state index in [2.05, 4.69) is 28.8 Å². The van der Waals surface area contributed by atoms with Gasteiger partial charge in [-0.15, -0.1) is 17.0 Å². The first-order chi connectivity index (χ1) is 9.34. The number of nitrogens with one attached hydrogen (secondary N) is 2. The van der Waals surface area contributed by atoms with Crippen LogP contribution in [0.2, 0.25) is 0 Å². The standard InChI is InChI=1S/C16H22N2O.BrH/c19-16(18-13-7-2-1-3-8-13)15-14-9-5-4-6-12(14)10-11-17-15;/h4-6,9,13,15,17H,1-3,7-8,10-11H2,(H,18,19);1H. The van der Waals surface area contributed by atoms with Gasteiger partial charge in [0.2, 0.25) is 5.91 Å². The fourth-order valence-electron chi connectivity index (χ4n) is 3.27. The molecule has 0 radical (unpaired) electrons. The van der Waals surface area contributed by atoms with Crippen LogP contribution in [-0.4, -0.2) is 18.5 Å². The summed E-state index contributed by atoms with van der Waals surface area (Å²) in [5.74, 6) is 0.152. The second kappa shape index (κ2) is 7.23. The fourth-order valence-corrected chi connectivity index (χ4v) is 3.27. The van der Waals surface area contributed by atoms with Crippen LogP contribution in [0, 0.1) is 0 Å². The van der Waals surface area contributed by atoms with Crippen molar-refractivity contribution in [3.8, 4) is 0 Å². The molecule has 3 rings (SSSR count). The van der Waals surface area contributed by atoms with Gasteiger partial charge in [-0.1, -0.05) is 43.5 Å². The molecule has 20 heavy (non-hydrogen) atoms. The van der Waals surface area contributed by atoms with Crippen molar-refractivity contribution in [1.82, 2.24) is 10.6 Å². The highest BCUT2D eigenvalue weighted by molar-refractivity contribution is 8.93. The second-order valence-corrected chi connectivity index (χ2v) is 5.68. The van der Waals surface area contributed by atoms with Crippen molar-refractivity contribution in [3.05, 3.63) is 35.4 Å². The topological polar surface area (TPSA) is 41.1 Å². The van der Waals surface area contributed by atoms with E-state index < -0.39 is 0 Å². The molecule has 0 bridgehead atoms. The summed E-state index contributed by atoms with van der Waals surface area (Å²) >= 11 is 0. The van der Waals surface area contributed by atoms with Crippen LogP contribution in [0.15, 0.2) is 24.3 Å². The zero-order valence-electron chi connectivity index (χ0n) is 11.7. The van der Waals surface area contributed by atoms with Gasteiger partial charge in [0.1, 0.15) is 6.04 Å². The lowest BCUT2D eigenvalue weighted by Gasteiger charge is -2.29. The summed E-state index contributed by atoms with van der Waals surface area (Å²) in [5.41, 5.74) is 2.46. The third-order valence-corrected chi connectivity index (χ3v) is 4.32. The van der Waals surface area contributed by atoms with E-state index in [1.807, 2.05) is 6.07 Å². The van der Waals surface area contributed by atoms with Gasteiger partial charge in [-0.2, -0.15) is 0 Å². The molecule has 0 spiro atoms. The third-order valence-electron chi connectivity index (χ3n) is 4.32. The largest absolute Gasteiger partial charge is 0.352 e. The van der Waals surface area contributed by atoms with Crippen LogP contribution in [0.25, 0.3) is 0 Å². The first-order valence-corrected chi connectivity index (χ1v) is 7.46. The van der Waals surface area contributed by atoms with Crippen LogP contribution >= 0.6 is 17.0 Å². The highest BCUT2D eigenvalue weighted by Crippen LogP contribution is 2.24. The predicted molar refractivity (Wildman–Crippen MR) is 86.2 cm³/mol. The smallest absolute Gasteiger partial charge is 0.241 e. The van der Waals surface area contributed by atoms with Gasteiger partial charge in [-0.25, -0.2) is 0 Å². The minimum absolute atomic E-state index is 0. The molecule has 110 valence electrons. The Morgan fingerprint density at radius 1 is 1.15 bits per heavy atom. The summed E-state index contributed by atoms with van der Waals surface area (Å²) in [4.78, 5) is 12.5. The molecular weight excluding hydrogens is 316 g/mol. The summed E-state index contributed by atoms with van der Waals surface area (Å²) in [6, 6.07) is 8.51. The lowest BCUT2D eigenvalue weighted by Crippen LogP contribution is -2.45. The molecule has 1 aromatic carbocycles. The van der Waals surface area contributed by atoms with Crippen molar-refractivity contribution >= 4 is 22.9 Å². The summed E-state index contributed by atoms with van der Waals surface area (Å²) in [6.07, 6.45) is 7.11. The van der Waals surface area contributed by atoms with Crippen molar-refractivity contribution in [3.63, 3.8) is 0 Å². The Bertz CT molecular complexity index is 458. The average Bonchev–Trinajstić information content (AvgIpc) is 2.47. The molecule has 4 heteroatoms. The Labute approximate surface area is 131 Å². The van der Waals surface area contributed by atoms with E-state index in [9.17, 15) is 4.79 Å². The van der Waals surface area contributed by atoms with Gasteiger partial charge in [0, 0.05) is 12.6 Å². The summed E-state index contributed by atoms with van der Waals surface area (Å²) in [6.45, 7) is 0.889. The van der Waals surface area contributed by atoms with Crippen LogP contribution < -0.4 is 10.6 Å². The molecule has 1 aliphatic carbocycles. The van der Waals surface area contributed by atoms with Gasteiger partial charge in [-0.05, 0) is 30.4 Å². The Morgan fingerprint density at radius 2 is 1.90 bits per heavy atom. The minimum Gasteiger partial charge on any atom is -0.352 e. The van der Waals surface area contributed by atoms with Gasteiger partial charge in [-0.3, -0.25) is 4.79 Å². The van der Waals surface area contributed by atoms with Gasteiger partial charge in [0.05, 0.1) is 0 Å². The molecule has 1 amide bonds. The second-order valence-electron chi connectivity index (χ2n) is 5.68. The Morgan fingerprint density at radius 3 is 2.70 bits per heavy atom. The van der Waals surface area contributed by atoms with Crippen LogP contribution in [-0.2, 0) is 11.2 Å². The van der Waals surface area contributed by atoms with Gasteiger partial charge < -0.3 is 10.6 Å². The Balaban J connectivity index is 0.00000147. The van der Waals surface area contributed by atoms with Crippen molar-refractivity contribution in [1.29, 1.82) is 0 Å². The molecule has 2 aliphatic rings. The van der Waals surface area contributed by atoms with Crippen molar-refractivity contribution in [2.24, 2.45) is 0 Å². The first-order valence-electron chi connectivity index (χ1n) is 7.46. The molecule has 0 saturated heterocycles. The number of halogens is 1. The molecule has 1 unspecified atom stereocenters. The molecule has 1 aromatic rings. The van der Waals surface area contributed by atoms with Gasteiger partial charge >= 0.3 is 0 Å². The maximum atomic E-state index is 12.5. The summed E-state index contributed by atoms with van der Waals surface area (Å²) in [7, 11) is 0. The van der Waals surface area contributed by atoms with Crippen molar-refractivity contribution in [2.75, 3.05) is 6.54 Å². The number of carbonyl (C=O) groups excluding carboxylic acids is 1. The molecule has 1 atom stereocenters. The van der Waals surface area contributed by atoms with Crippen molar-refractivity contribution < 1.29 is 4.79 Å². The third kappa shape index (κ3) is 3.41. The molecular formula is C16H23BrN2O. The first kappa shape index (κ1) is 15.5. The molecule has 0 aromatic heterocycles.